The van der Waals surface area contributed by atoms with E-state index in [1.807, 2.05) is 34.9 Å². The molecule has 0 N–H and O–H groups in total. The van der Waals surface area contributed by atoms with Crippen LogP contribution >= 0.6 is 0 Å². The van der Waals surface area contributed by atoms with Crippen molar-refractivity contribution in [3.63, 3.8) is 0 Å². The summed E-state index contributed by atoms with van der Waals surface area (Å²) in [7, 11) is 3.69. The molecule has 1 heterocycles. The number of aromatic nitrogens is 1. The van der Waals surface area contributed by atoms with Gasteiger partial charge in [0, 0.05) is 20.3 Å². The highest BCUT2D eigenvalue weighted by molar-refractivity contribution is 5.94. The zero-order chi connectivity index (χ0) is 12.3. The van der Waals surface area contributed by atoms with E-state index < -0.39 is 5.60 Å². The first kappa shape index (κ1) is 12.5. The van der Waals surface area contributed by atoms with E-state index in [0.717, 1.165) is 0 Å². The van der Waals surface area contributed by atoms with Crippen molar-refractivity contribution in [2.24, 2.45) is 0 Å². The van der Waals surface area contributed by atoms with Crippen LogP contribution in [-0.4, -0.2) is 30.6 Å². The summed E-state index contributed by atoms with van der Waals surface area (Å²) in [6.45, 7) is 5.53. The molecule has 0 aliphatic rings. The van der Waals surface area contributed by atoms with E-state index in [1.165, 1.54) is 0 Å². The van der Waals surface area contributed by atoms with Crippen molar-refractivity contribution in [3.05, 3.63) is 23.9 Å². The van der Waals surface area contributed by atoms with Gasteiger partial charge in [-0.2, -0.15) is 0 Å². The number of esters is 1. The first-order chi connectivity index (χ1) is 7.31. The van der Waals surface area contributed by atoms with Crippen molar-refractivity contribution in [3.8, 4) is 0 Å². The Kier molecular flexibility index (Phi) is 3.52. The van der Waals surface area contributed by atoms with Crippen LogP contribution in [0.3, 0.4) is 0 Å². The molecule has 0 spiro atoms. The monoisotopic (exact) mass is 222 g/mol. The Hall–Kier alpha value is -1.58. The average Bonchev–Trinajstić information content (AvgIpc) is 2.15. The Bertz CT molecular complexity index is 381. The van der Waals surface area contributed by atoms with Crippen LogP contribution in [0, 0.1) is 0 Å². The molecule has 0 saturated heterocycles. The van der Waals surface area contributed by atoms with Gasteiger partial charge in [0.25, 0.3) is 0 Å². The highest BCUT2D eigenvalue weighted by atomic mass is 16.6. The van der Waals surface area contributed by atoms with Crippen molar-refractivity contribution in [1.82, 2.24) is 4.98 Å². The molecule has 0 fully saturated rings. The van der Waals surface area contributed by atoms with Crippen molar-refractivity contribution in [2.45, 2.75) is 26.4 Å². The van der Waals surface area contributed by atoms with Crippen molar-refractivity contribution >= 4 is 11.8 Å². The van der Waals surface area contributed by atoms with Crippen molar-refractivity contribution in [2.75, 3.05) is 19.0 Å². The molecule has 0 amide bonds. The molecule has 4 heteroatoms. The van der Waals surface area contributed by atoms with E-state index in [1.54, 1.807) is 23.2 Å². The molecule has 4 nitrogen and oxygen atoms in total. The maximum absolute atomic E-state index is 11.9. The van der Waals surface area contributed by atoms with Gasteiger partial charge in [0.2, 0.25) is 0 Å². The summed E-state index contributed by atoms with van der Waals surface area (Å²) in [5.41, 5.74) is -0.00122. The van der Waals surface area contributed by atoms with E-state index in [2.05, 4.69) is 4.98 Å². The summed E-state index contributed by atoms with van der Waals surface area (Å²) in [5, 5.41) is 0. The lowest BCUT2D eigenvalue weighted by atomic mass is 10.2. The van der Waals surface area contributed by atoms with Gasteiger partial charge in [-0.1, -0.05) is 0 Å². The molecule has 1 aromatic heterocycles. The largest absolute Gasteiger partial charge is 0.456 e. The van der Waals surface area contributed by atoms with Gasteiger partial charge in [-0.25, -0.2) is 9.78 Å². The number of rotatable bonds is 2. The minimum atomic E-state index is -0.490. The first-order valence-corrected chi connectivity index (χ1v) is 5.17. The predicted molar refractivity (Wildman–Crippen MR) is 63.7 cm³/mol. The average molecular weight is 222 g/mol. The maximum Gasteiger partial charge on any atom is 0.342 e. The summed E-state index contributed by atoms with van der Waals surface area (Å²) in [4.78, 5) is 17.8. The van der Waals surface area contributed by atoms with Gasteiger partial charge in [0.1, 0.15) is 17.0 Å². The van der Waals surface area contributed by atoms with Gasteiger partial charge in [-0.3, -0.25) is 0 Å². The number of pyridine rings is 1. The van der Waals surface area contributed by atoms with E-state index in [0.29, 0.717) is 11.4 Å². The molecule has 0 saturated carbocycles. The lowest BCUT2D eigenvalue weighted by Gasteiger charge is -2.21. The van der Waals surface area contributed by atoms with E-state index in [9.17, 15) is 4.79 Å². The van der Waals surface area contributed by atoms with Crippen LogP contribution in [0.5, 0.6) is 0 Å². The normalized spacial score (nSPS) is 11.1. The highest BCUT2D eigenvalue weighted by Gasteiger charge is 2.21. The Labute approximate surface area is 96.2 Å². The van der Waals surface area contributed by atoms with E-state index >= 15 is 0 Å². The number of anilines is 1. The van der Waals surface area contributed by atoms with E-state index in [-0.39, 0.29) is 5.97 Å². The molecule has 0 aliphatic carbocycles. The highest BCUT2D eigenvalue weighted by Crippen LogP contribution is 2.18. The minimum absolute atomic E-state index is 0.343. The predicted octanol–water partition coefficient (Wildman–Crippen LogP) is 2.10. The number of nitrogens with zero attached hydrogens (tertiary/aromatic N) is 2. The fraction of sp³-hybridized carbons (Fsp3) is 0.500. The summed E-state index contributed by atoms with van der Waals surface area (Å²) in [6, 6.07) is 3.45. The molecular formula is C12H18N2O2. The molecule has 1 aromatic rings. The van der Waals surface area contributed by atoms with Crippen LogP contribution in [-0.2, 0) is 4.74 Å². The third-order valence-electron chi connectivity index (χ3n) is 1.83. The lowest BCUT2D eigenvalue weighted by Crippen LogP contribution is -2.25. The minimum Gasteiger partial charge on any atom is -0.456 e. The number of carbonyl (C=O) groups is 1. The fourth-order valence-electron chi connectivity index (χ4n) is 1.25. The topological polar surface area (TPSA) is 42.4 Å². The third kappa shape index (κ3) is 3.22. The van der Waals surface area contributed by atoms with Crippen LogP contribution in [0.2, 0.25) is 0 Å². The Morgan fingerprint density at radius 3 is 2.50 bits per heavy atom. The second kappa shape index (κ2) is 4.51. The fourth-order valence-corrected chi connectivity index (χ4v) is 1.25. The van der Waals surface area contributed by atoms with E-state index in [4.69, 9.17) is 4.74 Å². The van der Waals surface area contributed by atoms with Gasteiger partial charge in [0.15, 0.2) is 0 Å². The maximum atomic E-state index is 11.9. The molecule has 0 aliphatic heterocycles. The second-order valence-corrected chi connectivity index (χ2v) is 4.77. The smallest absolute Gasteiger partial charge is 0.342 e. The van der Waals surface area contributed by atoms with Crippen LogP contribution in [0.15, 0.2) is 18.3 Å². The summed E-state index contributed by atoms with van der Waals surface area (Å²) in [5.74, 6) is 0.279. The lowest BCUT2D eigenvalue weighted by molar-refractivity contribution is 0.00700. The summed E-state index contributed by atoms with van der Waals surface area (Å²) < 4.78 is 5.31. The van der Waals surface area contributed by atoms with Crippen LogP contribution < -0.4 is 4.90 Å². The second-order valence-electron chi connectivity index (χ2n) is 4.77. The number of carbonyl (C=O) groups excluding carboxylic acids is 1. The van der Waals surface area contributed by atoms with Crippen molar-refractivity contribution in [1.29, 1.82) is 0 Å². The Balaban J connectivity index is 3.00. The zero-order valence-electron chi connectivity index (χ0n) is 10.4. The SMILES string of the molecule is CN(C)c1ncccc1C(=O)OC(C)(C)C. The first-order valence-electron chi connectivity index (χ1n) is 5.17. The molecule has 0 radical (unpaired) electrons. The molecule has 16 heavy (non-hydrogen) atoms. The number of hydrogen-bond acceptors (Lipinski definition) is 4. The quantitative estimate of drug-likeness (QED) is 0.719. The van der Waals surface area contributed by atoms with Gasteiger partial charge < -0.3 is 9.64 Å². The summed E-state index contributed by atoms with van der Waals surface area (Å²) in [6.07, 6.45) is 1.66. The molecule has 0 bridgehead atoms. The number of hydrogen-bond donors (Lipinski definition) is 0. The molecular weight excluding hydrogens is 204 g/mol. The Morgan fingerprint density at radius 2 is 2.00 bits per heavy atom. The van der Waals surface area contributed by atoms with Crippen molar-refractivity contribution < 1.29 is 9.53 Å². The molecule has 0 atom stereocenters. The number of ether oxygens (including phenoxy) is 1. The Morgan fingerprint density at radius 1 is 1.38 bits per heavy atom. The van der Waals surface area contributed by atoms with Crippen LogP contribution in [0.1, 0.15) is 31.1 Å². The van der Waals surface area contributed by atoms with Gasteiger partial charge in [-0.05, 0) is 32.9 Å². The van der Waals surface area contributed by atoms with Gasteiger partial charge >= 0.3 is 5.97 Å². The van der Waals surface area contributed by atoms with Crippen LogP contribution in [0.25, 0.3) is 0 Å². The molecule has 0 aromatic carbocycles. The summed E-state index contributed by atoms with van der Waals surface area (Å²) >= 11 is 0. The zero-order valence-corrected chi connectivity index (χ0v) is 10.4. The molecule has 1 rings (SSSR count). The molecule has 0 unspecified atom stereocenters. The standard InChI is InChI=1S/C12H18N2O2/c1-12(2,3)16-11(15)9-7-6-8-13-10(9)14(4)5/h6-8H,1-5H3. The molecule has 88 valence electrons. The van der Waals surface area contributed by atoms with Crippen LogP contribution in [0.4, 0.5) is 5.82 Å². The van der Waals surface area contributed by atoms with Gasteiger partial charge in [-0.15, -0.1) is 0 Å². The third-order valence-corrected chi connectivity index (χ3v) is 1.83. The van der Waals surface area contributed by atoms with Gasteiger partial charge in [0.05, 0.1) is 0 Å².